The monoisotopic (exact) mass is 383 g/mol. The predicted octanol–water partition coefficient (Wildman–Crippen LogP) is 5.25. The van der Waals surface area contributed by atoms with Gasteiger partial charge in [0.1, 0.15) is 12.4 Å². The molecule has 0 bridgehead atoms. The van der Waals surface area contributed by atoms with Crippen molar-refractivity contribution < 1.29 is 13.9 Å². The van der Waals surface area contributed by atoms with Gasteiger partial charge in [0.25, 0.3) is 0 Å². The van der Waals surface area contributed by atoms with E-state index in [0.717, 1.165) is 30.8 Å². The first-order valence-electron chi connectivity index (χ1n) is 7.82. The van der Waals surface area contributed by atoms with E-state index >= 15 is 0 Å². The molecule has 2 aromatic rings. The zero-order chi connectivity index (χ0) is 16.9. The Kier molecular flexibility index (Phi) is 6.97. The fourth-order valence-corrected chi connectivity index (χ4v) is 2.83. The largest absolute Gasteiger partial charge is 0.496 e. The summed E-state index contributed by atoms with van der Waals surface area (Å²) in [6.45, 7) is 1.96. The van der Waals surface area contributed by atoms with Gasteiger partial charge in [0, 0.05) is 35.4 Å². The van der Waals surface area contributed by atoms with E-state index in [2.05, 4.69) is 17.1 Å². The third-order valence-corrected chi connectivity index (χ3v) is 4.21. The number of hydrogen-bond donors (Lipinski definition) is 0. The van der Waals surface area contributed by atoms with Crippen LogP contribution in [0.3, 0.4) is 0 Å². The van der Waals surface area contributed by atoms with Gasteiger partial charge >= 0.3 is 0 Å². The van der Waals surface area contributed by atoms with Crippen LogP contribution in [0.4, 0.5) is 10.1 Å². The van der Waals surface area contributed by atoms with E-state index in [-0.39, 0.29) is 30.6 Å². The summed E-state index contributed by atoms with van der Waals surface area (Å²) in [5.74, 6) is 0.485. The number of methoxy groups -OCH3 is 1. The number of benzene rings is 2. The molecular formula is C19H20Cl2FNO2. The summed E-state index contributed by atoms with van der Waals surface area (Å²) in [5.41, 5.74) is 1.77. The Labute approximate surface area is 158 Å². The van der Waals surface area contributed by atoms with Gasteiger partial charge in [0.2, 0.25) is 0 Å². The maximum Gasteiger partial charge on any atom is 0.165 e. The predicted molar refractivity (Wildman–Crippen MR) is 102 cm³/mol. The molecule has 0 saturated carbocycles. The zero-order valence-corrected chi connectivity index (χ0v) is 15.4. The number of anilines is 1. The second-order valence-electron chi connectivity index (χ2n) is 5.57. The number of halogens is 3. The molecule has 0 saturated heterocycles. The van der Waals surface area contributed by atoms with Crippen LogP contribution in [0.1, 0.15) is 12.0 Å². The number of rotatable bonds is 5. The highest BCUT2D eigenvalue weighted by Gasteiger charge is 2.12. The molecule has 1 aliphatic rings. The van der Waals surface area contributed by atoms with Crippen LogP contribution in [0.5, 0.6) is 11.5 Å². The van der Waals surface area contributed by atoms with Crippen molar-refractivity contribution in [1.29, 1.82) is 0 Å². The van der Waals surface area contributed by atoms with Crippen molar-refractivity contribution in [1.82, 2.24) is 0 Å². The molecule has 134 valence electrons. The third kappa shape index (κ3) is 4.80. The summed E-state index contributed by atoms with van der Waals surface area (Å²) in [4.78, 5) is 2.19. The summed E-state index contributed by atoms with van der Waals surface area (Å²) < 4.78 is 25.1. The van der Waals surface area contributed by atoms with Gasteiger partial charge in [-0.25, -0.2) is 4.39 Å². The molecule has 1 aliphatic heterocycles. The van der Waals surface area contributed by atoms with Gasteiger partial charge in [-0.2, -0.15) is 0 Å². The van der Waals surface area contributed by atoms with Gasteiger partial charge in [0.15, 0.2) is 11.6 Å². The number of hydrogen-bond acceptors (Lipinski definition) is 3. The van der Waals surface area contributed by atoms with E-state index in [1.54, 1.807) is 31.4 Å². The molecule has 2 aromatic carbocycles. The van der Waals surface area contributed by atoms with Crippen LogP contribution < -0.4 is 14.4 Å². The SMILES string of the molecule is COc1cc(Cl)ccc1COc1cc(N2CC=CCC2)ccc1F.Cl. The summed E-state index contributed by atoms with van der Waals surface area (Å²) in [5, 5.41) is 0.585. The van der Waals surface area contributed by atoms with Gasteiger partial charge in [-0.3, -0.25) is 0 Å². The highest BCUT2D eigenvalue weighted by molar-refractivity contribution is 6.30. The maximum absolute atomic E-state index is 14.1. The van der Waals surface area contributed by atoms with E-state index in [1.807, 2.05) is 6.07 Å². The lowest BCUT2D eigenvalue weighted by Crippen LogP contribution is -2.26. The molecule has 0 atom stereocenters. The van der Waals surface area contributed by atoms with Gasteiger partial charge in [0.05, 0.1) is 7.11 Å². The van der Waals surface area contributed by atoms with Gasteiger partial charge in [-0.15, -0.1) is 12.4 Å². The first-order chi connectivity index (χ1) is 11.7. The molecule has 25 heavy (non-hydrogen) atoms. The van der Waals surface area contributed by atoms with Crippen molar-refractivity contribution in [2.75, 3.05) is 25.1 Å². The highest BCUT2D eigenvalue weighted by Crippen LogP contribution is 2.28. The fourth-order valence-electron chi connectivity index (χ4n) is 2.67. The second kappa shape index (κ2) is 8.97. The van der Waals surface area contributed by atoms with Gasteiger partial charge < -0.3 is 14.4 Å². The van der Waals surface area contributed by atoms with Crippen LogP contribution in [0.2, 0.25) is 5.02 Å². The second-order valence-corrected chi connectivity index (χ2v) is 6.00. The Hall–Kier alpha value is -1.91. The molecule has 3 nitrogen and oxygen atoms in total. The summed E-state index contributed by atoms with van der Waals surface area (Å²) in [6.07, 6.45) is 5.27. The fraction of sp³-hybridized carbons (Fsp3) is 0.263. The van der Waals surface area contributed by atoms with E-state index in [0.29, 0.717) is 10.8 Å². The lowest BCUT2D eigenvalue weighted by atomic mass is 10.2. The van der Waals surface area contributed by atoms with Crippen LogP contribution in [-0.4, -0.2) is 20.2 Å². The summed E-state index contributed by atoms with van der Waals surface area (Å²) in [6, 6.07) is 10.3. The molecule has 6 heteroatoms. The van der Waals surface area contributed by atoms with Crippen molar-refractivity contribution in [3.05, 3.63) is 65.0 Å². The molecule has 0 radical (unpaired) electrons. The van der Waals surface area contributed by atoms with Crippen LogP contribution in [0.15, 0.2) is 48.6 Å². The summed E-state index contributed by atoms with van der Waals surface area (Å²) in [7, 11) is 1.57. The maximum atomic E-state index is 14.1. The summed E-state index contributed by atoms with van der Waals surface area (Å²) >= 11 is 5.95. The molecule has 0 fully saturated rings. The molecule has 0 amide bonds. The smallest absolute Gasteiger partial charge is 0.165 e. The number of ether oxygens (including phenoxy) is 2. The van der Waals surface area contributed by atoms with Crippen LogP contribution in [0, 0.1) is 5.82 Å². The Balaban J connectivity index is 0.00000225. The van der Waals surface area contributed by atoms with Gasteiger partial charge in [-0.05, 0) is 30.7 Å². The van der Waals surface area contributed by atoms with E-state index in [4.69, 9.17) is 21.1 Å². The topological polar surface area (TPSA) is 21.7 Å². The van der Waals surface area contributed by atoms with E-state index < -0.39 is 0 Å². The Morgan fingerprint density at radius 2 is 1.96 bits per heavy atom. The minimum absolute atomic E-state index is 0. The third-order valence-electron chi connectivity index (χ3n) is 3.97. The normalized spacial score (nSPS) is 13.3. The molecule has 0 unspecified atom stereocenters. The molecule has 0 spiro atoms. The quantitative estimate of drug-likeness (QED) is 0.657. The minimum Gasteiger partial charge on any atom is -0.496 e. The lowest BCUT2D eigenvalue weighted by Gasteiger charge is -2.26. The molecule has 1 heterocycles. The zero-order valence-electron chi connectivity index (χ0n) is 13.9. The van der Waals surface area contributed by atoms with Crippen molar-refractivity contribution in [2.45, 2.75) is 13.0 Å². The average Bonchev–Trinajstić information content (AvgIpc) is 2.62. The highest BCUT2D eigenvalue weighted by atomic mass is 35.5. The van der Waals surface area contributed by atoms with E-state index in [9.17, 15) is 4.39 Å². The van der Waals surface area contributed by atoms with Crippen molar-refractivity contribution in [2.24, 2.45) is 0 Å². The van der Waals surface area contributed by atoms with Crippen molar-refractivity contribution in [3.8, 4) is 11.5 Å². The standard InChI is InChI=1S/C19H19ClFNO2.ClH/c1-23-18-11-15(20)6-5-14(18)13-24-19-12-16(7-8-17(19)21)22-9-3-2-4-10-22;/h2-3,5-8,11-12H,4,9-10,13H2,1H3;1H. The molecule has 0 aliphatic carbocycles. The van der Waals surface area contributed by atoms with Crippen molar-refractivity contribution >= 4 is 29.7 Å². The van der Waals surface area contributed by atoms with Crippen LogP contribution in [0.25, 0.3) is 0 Å². The molecular weight excluding hydrogens is 364 g/mol. The first-order valence-corrected chi connectivity index (χ1v) is 8.20. The lowest BCUT2D eigenvalue weighted by molar-refractivity contribution is 0.282. The molecule has 0 N–H and O–H groups in total. The van der Waals surface area contributed by atoms with Crippen molar-refractivity contribution in [3.63, 3.8) is 0 Å². The first kappa shape index (κ1) is 19.4. The van der Waals surface area contributed by atoms with Crippen LogP contribution in [-0.2, 0) is 6.61 Å². The molecule has 0 aromatic heterocycles. The Morgan fingerprint density at radius 1 is 1.12 bits per heavy atom. The minimum atomic E-state index is -0.376. The van der Waals surface area contributed by atoms with E-state index in [1.165, 1.54) is 6.07 Å². The Morgan fingerprint density at radius 3 is 2.68 bits per heavy atom. The Bertz CT molecular complexity index is 752. The average molecular weight is 384 g/mol. The van der Waals surface area contributed by atoms with Crippen LogP contribution >= 0.6 is 24.0 Å². The van der Waals surface area contributed by atoms with Gasteiger partial charge in [-0.1, -0.05) is 29.8 Å². The molecule has 3 rings (SSSR count). The number of nitrogens with zero attached hydrogens (tertiary/aromatic N) is 1.